The lowest BCUT2D eigenvalue weighted by Crippen LogP contribution is -2.40. The van der Waals surface area contributed by atoms with Crippen LogP contribution >= 0.6 is 22.9 Å². The molecule has 5 rings (SSSR count). The third-order valence-electron chi connectivity index (χ3n) is 5.28. The van der Waals surface area contributed by atoms with E-state index >= 15 is 0 Å². The maximum absolute atomic E-state index is 13.2. The van der Waals surface area contributed by atoms with E-state index in [0.717, 1.165) is 5.69 Å². The summed E-state index contributed by atoms with van der Waals surface area (Å²) < 4.78 is 7.08. The van der Waals surface area contributed by atoms with Crippen LogP contribution in [0.4, 0.5) is 5.69 Å². The van der Waals surface area contributed by atoms with Crippen molar-refractivity contribution in [2.45, 2.75) is 0 Å². The number of amides is 1. The molecule has 1 fully saturated rings. The number of thiophene rings is 1. The summed E-state index contributed by atoms with van der Waals surface area (Å²) in [5.41, 5.74) is 1.82. The molecule has 2 aromatic heterocycles. The van der Waals surface area contributed by atoms with Gasteiger partial charge in [0.2, 0.25) is 0 Å². The van der Waals surface area contributed by atoms with E-state index in [1.807, 2.05) is 30.3 Å². The molecule has 0 atom stereocenters. The SMILES string of the molecule is O=C(c1sc2c(c(-c3cccc([N+](=O)[O-])c3)nn2-c2ccccc2)c1Cl)N1CCOCC1. The lowest BCUT2D eigenvalue weighted by molar-refractivity contribution is -0.384. The zero-order valence-electron chi connectivity index (χ0n) is 16.7. The number of hydrogen-bond acceptors (Lipinski definition) is 6. The van der Waals surface area contributed by atoms with Gasteiger partial charge in [0.15, 0.2) is 0 Å². The Labute approximate surface area is 191 Å². The third kappa shape index (κ3) is 3.54. The molecule has 1 aliphatic heterocycles. The van der Waals surface area contributed by atoms with Gasteiger partial charge in [-0.2, -0.15) is 5.10 Å². The molecule has 32 heavy (non-hydrogen) atoms. The number of morpholine rings is 1. The van der Waals surface area contributed by atoms with Gasteiger partial charge in [0, 0.05) is 30.8 Å². The molecule has 10 heteroatoms. The molecule has 0 saturated carbocycles. The number of nitrogens with zero attached hydrogens (tertiary/aromatic N) is 4. The molecule has 0 radical (unpaired) electrons. The van der Waals surface area contributed by atoms with Crippen molar-refractivity contribution in [3.63, 3.8) is 0 Å². The van der Waals surface area contributed by atoms with Gasteiger partial charge in [0.25, 0.3) is 11.6 Å². The normalized spacial score (nSPS) is 14.1. The number of benzene rings is 2. The average molecular weight is 469 g/mol. The van der Waals surface area contributed by atoms with Crippen LogP contribution in [0.3, 0.4) is 0 Å². The summed E-state index contributed by atoms with van der Waals surface area (Å²) in [6.45, 7) is 1.99. The second kappa shape index (κ2) is 8.34. The minimum Gasteiger partial charge on any atom is -0.378 e. The minimum absolute atomic E-state index is 0.0409. The number of nitro benzene ring substituents is 1. The second-order valence-corrected chi connectivity index (χ2v) is 8.61. The lowest BCUT2D eigenvalue weighted by Gasteiger charge is -2.26. The van der Waals surface area contributed by atoms with Crippen LogP contribution < -0.4 is 0 Å². The molecular weight excluding hydrogens is 452 g/mol. The fourth-order valence-corrected chi connectivity index (χ4v) is 5.28. The monoisotopic (exact) mass is 468 g/mol. The van der Waals surface area contributed by atoms with Crippen LogP contribution in [-0.4, -0.2) is 51.8 Å². The fourth-order valence-electron chi connectivity index (χ4n) is 3.71. The highest BCUT2D eigenvalue weighted by atomic mass is 35.5. The van der Waals surface area contributed by atoms with E-state index in [1.165, 1.54) is 23.5 Å². The van der Waals surface area contributed by atoms with Gasteiger partial charge in [0.05, 0.1) is 34.2 Å². The Morgan fingerprint density at radius 1 is 1.12 bits per heavy atom. The van der Waals surface area contributed by atoms with Crippen LogP contribution in [0.25, 0.3) is 27.2 Å². The summed E-state index contributed by atoms with van der Waals surface area (Å²) in [7, 11) is 0. The van der Waals surface area contributed by atoms with E-state index < -0.39 is 4.92 Å². The van der Waals surface area contributed by atoms with Crippen molar-refractivity contribution in [2.24, 2.45) is 0 Å². The number of ether oxygens (including phenoxy) is 1. The number of rotatable bonds is 4. The first-order valence-electron chi connectivity index (χ1n) is 9.93. The van der Waals surface area contributed by atoms with Crippen LogP contribution in [0, 0.1) is 10.1 Å². The lowest BCUT2D eigenvalue weighted by atomic mass is 10.1. The second-order valence-electron chi connectivity index (χ2n) is 7.23. The first kappa shape index (κ1) is 20.6. The number of halogens is 1. The van der Waals surface area contributed by atoms with Crippen molar-refractivity contribution in [2.75, 3.05) is 26.3 Å². The van der Waals surface area contributed by atoms with Gasteiger partial charge >= 0.3 is 0 Å². The average Bonchev–Trinajstić information content (AvgIpc) is 3.37. The minimum atomic E-state index is -0.447. The van der Waals surface area contributed by atoms with Crippen molar-refractivity contribution in [1.29, 1.82) is 0 Å². The number of carbonyl (C=O) groups is 1. The van der Waals surface area contributed by atoms with Crippen LogP contribution in [0.2, 0.25) is 5.02 Å². The van der Waals surface area contributed by atoms with Crippen LogP contribution in [0.15, 0.2) is 54.6 Å². The zero-order chi connectivity index (χ0) is 22.2. The molecule has 3 heterocycles. The molecule has 4 aromatic rings. The molecule has 1 amide bonds. The van der Waals surface area contributed by atoms with Gasteiger partial charge in [0.1, 0.15) is 15.4 Å². The predicted molar refractivity (Wildman–Crippen MR) is 123 cm³/mol. The number of carbonyl (C=O) groups excluding carboxylic acids is 1. The molecule has 0 bridgehead atoms. The number of para-hydroxylation sites is 1. The summed E-state index contributed by atoms with van der Waals surface area (Å²) in [5, 5.41) is 17.0. The number of fused-ring (bicyclic) bond motifs is 1. The number of aromatic nitrogens is 2. The van der Waals surface area contributed by atoms with Crippen LogP contribution in [0.5, 0.6) is 0 Å². The highest BCUT2D eigenvalue weighted by Gasteiger charge is 2.29. The van der Waals surface area contributed by atoms with Gasteiger partial charge in [-0.3, -0.25) is 14.9 Å². The predicted octanol–water partition coefficient (Wildman–Crippen LogP) is 4.79. The van der Waals surface area contributed by atoms with Crippen LogP contribution in [-0.2, 0) is 4.74 Å². The van der Waals surface area contributed by atoms with Crippen molar-refractivity contribution < 1.29 is 14.5 Å². The number of hydrogen-bond donors (Lipinski definition) is 0. The molecule has 0 N–H and O–H groups in total. The summed E-state index contributed by atoms with van der Waals surface area (Å²) in [6, 6.07) is 15.8. The molecule has 1 aliphatic rings. The molecule has 162 valence electrons. The first-order valence-corrected chi connectivity index (χ1v) is 11.1. The molecule has 0 aliphatic carbocycles. The van der Waals surface area contributed by atoms with E-state index in [-0.39, 0.29) is 11.6 Å². The fraction of sp³-hybridized carbons (Fsp3) is 0.182. The molecule has 1 saturated heterocycles. The Morgan fingerprint density at radius 2 is 1.88 bits per heavy atom. The van der Waals surface area contributed by atoms with E-state index in [4.69, 9.17) is 21.4 Å². The summed E-state index contributed by atoms with van der Waals surface area (Å²) >= 11 is 8.05. The zero-order valence-corrected chi connectivity index (χ0v) is 18.3. The number of nitro groups is 1. The van der Waals surface area contributed by atoms with E-state index in [0.29, 0.717) is 57.7 Å². The Kier molecular flexibility index (Phi) is 5.38. The van der Waals surface area contributed by atoms with Crippen molar-refractivity contribution in [3.8, 4) is 16.9 Å². The highest BCUT2D eigenvalue weighted by Crippen LogP contribution is 2.43. The van der Waals surface area contributed by atoms with E-state index in [1.54, 1.807) is 21.7 Å². The Morgan fingerprint density at radius 3 is 2.59 bits per heavy atom. The molecular formula is C22H17ClN4O4S. The molecule has 0 spiro atoms. The summed E-state index contributed by atoms with van der Waals surface area (Å²) in [4.78, 5) is 26.9. The summed E-state index contributed by atoms with van der Waals surface area (Å²) in [6.07, 6.45) is 0. The maximum Gasteiger partial charge on any atom is 0.270 e. The van der Waals surface area contributed by atoms with Gasteiger partial charge in [-0.15, -0.1) is 11.3 Å². The standard InChI is InChI=1S/C22H17ClN4O4S/c23-18-17-19(14-5-4-8-16(13-14)27(29)30)24-26(15-6-2-1-3-7-15)22(17)32-20(18)21(28)25-9-11-31-12-10-25/h1-8,13H,9-12H2. The largest absolute Gasteiger partial charge is 0.378 e. The van der Waals surface area contributed by atoms with E-state index in [9.17, 15) is 14.9 Å². The molecule has 0 unspecified atom stereocenters. The first-order chi connectivity index (χ1) is 15.5. The molecule has 2 aromatic carbocycles. The smallest absolute Gasteiger partial charge is 0.270 e. The van der Waals surface area contributed by atoms with Gasteiger partial charge in [-0.05, 0) is 12.1 Å². The Balaban J connectivity index is 1.72. The van der Waals surface area contributed by atoms with Crippen molar-refractivity contribution in [1.82, 2.24) is 14.7 Å². The maximum atomic E-state index is 13.2. The van der Waals surface area contributed by atoms with Gasteiger partial charge in [-0.25, -0.2) is 4.68 Å². The van der Waals surface area contributed by atoms with Crippen LogP contribution in [0.1, 0.15) is 9.67 Å². The molecule has 8 nitrogen and oxygen atoms in total. The number of non-ortho nitro benzene ring substituents is 1. The van der Waals surface area contributed by atoms with Crippen molar-refractivity contribution in [3.05, 3.63) is 74.6 Å². The van der Waals surface area contributed by atoms with Crippen molar-refractivity contribution >= 4 is 44.7 Å². The third-order valence-corrected chi connectivity index (χ3v) is 6.93. The highest BCUT2D eigenvalue weighted by molar-refractivity contribution is 7.21. The van der Waals surface area contributed by atoms with Gasteiger partial charge in [-0.1, -0.05) is 41.9 Å². The Bertz CT molecular complexity index is 1330. The summed E-state index contributed by atoms with van der Waals surface area (Å²) in [5.74, 6) is -0.149. The Hall–Kier alpha value is -3.27. The van der Waals surface area contributed by atoms with E-state index in [2.05, 4.69) is 0 Å². The van der Waals surface area contributed by atoms with Gasteiger partial charge < -0.3 is 9.64 Å². The quantitative estimate of drug-likeness (QED) is 0.317. The topological polar surface area (TPSA) is 90.5 Å².